The van der Waals surface area contributed by atoms with Crippen molar-refractivity contribution >= 4 is 27.3 Å². The molecule has 5 heteroatoms. The molecule has 1 atom stereocenters. The third-order valence-electron chi connectivity index (χ3n) is 3.20. The Morgan fingerprint density at radius 1 is 1.15 bits per heavy atom. The van der Waals surface area contributed by atoms with E-state index in [1.54, 1.807) is 25.6 Å². The summed E-state index contributed by atoms with van der Waals surface area (Å²) in [6.45, 7) is 0. The number of nitrogens with one attached hydrogen (secondary N) is 1. The van der Waals surface area contributed by atoms with Crippen LogP contribution in [0.15, 0.2) is 34.1 Å². The fourth-order valence-corrected chi connectivity index (χ4v) is 3.76. The van der Waals surface area contributed by atoms with E-state index in [-0.39, 0.29) is 6.04 Å². The zero-order valence-electron chi connectivity index (χ0n) is 11.8. The monoisotopic (exact) mass is 355 g/mol. The maximum Gasteiger partial charge on any atom is 0.127 e. The van der Waals surface area contributed by atoms with E-state index in [0.29, 0.717) is 0 Å². The van der Waals surface area contributed by atoms with Crippen LogP contribution < -0.4 is 14.8 Å². The first kappa shape index (κ1) is 15.4. The zero-order valence-corrected chi connectivity index (χ0v) is 14.2. The first-order chi connectivity index (χ1) is 9.69. The van der Waals surface area contributed by atoms with Crippen molar-refractivity contribution in [3.63, 3.8) is 0 Å². The molecule has 0 aliphatic rings. The lowest BCUT2D eigenvalue weighted by atomic mass is 10.0. The second-order valence-electron chi connectivity index (χ2n) is 4.33. The fourth-order valence-electron chi connectivity index (χ4n) is 2.23. The molecule has 0 saturated heterocycles. The molecular formula is C15H18BrNO2S. The van der Waals surface area contributed by atoms with Crippen molar-refractivity contribution in [2.75, 3.05) is 21.3 Å². The number of halogens is 1. The number of thiophene rings is 1. The lowest BCUT2D eigenvalue weighted by Crippen LogP contribution is -2.20. The van der Waals surface area contributed by atoms with E-state index < -0.39 is 0 Å². The van der Waals surface area contributed by atoms with Gasteiger partial charge in [0.25, 0.3) is 0 Å². The first-order valence-electron chi connectivity index (χ1n) is 6.32. The van der Waals surface area contributed by atoms with Crippen molar-refractivity contribution in [2.45, 2.75) is 12.5 Å². The van der Waals surface area contributed by atoms with Gasteiger partial charge in [-0.05, 0) is 47.2 Å². The fraction of sp³-hybridized carbons (Fsp3) is 0.333. The van der Waals surface area contributed by atoms with E-state index in [1.807, 2.05) is 25.2 Å². The van der Waals surface area contributed by atoms with Gasteiger partial charge in [0, 0.05) is 17.3 Å². The van der Waals surface area contributed by atoms with Crippen molar-refractivity contribution in [3.05, 3.63) is 44.6 Å². The number of hydrogen-bond acceptors (Lipinski definition) is 4. The van der Waals surface area contributed by atoms with Gasteiger partial charge in [-0.15, -0.1) is 11.3 Å². The number of methoxy groups -OCH3 is 2. The number of rotatable bonds is 6. The van der Waals surface area contributed by atoms with E-state index in [9.17, 15) is 0 Å². The molecule has 2 rings (SSSR count). The van der Waals surface area contributed by atoms with Gasteiger partial charge >= 0.3 is 0 Å². The Bertz CT molecular complexity index is 549. The third-order valence-corrected chi connectivity index (χ3v) is 4.84. The third kappa shape index (κ3) is 3.34. The summed E-state index contributed by atoms with van der Waals surface area (Å²) in [5, 5.41) is 3.36. The van der Waals surface area contributed by atoms with Crippen molar-refractivity contribution < 1.29 is 9.47 Å². The van der Waals surface area contributed by atoms with Crippen molar-refractivity contribution in [3.8, 4) is 11.5 Å². The van der Waals surface area contributed by atoms with Gasteiger partial charge in [0.15, 0.2) is 0 Å². The van der Waals surface area contributed by atoms with Crippen molar-refractivity contribution in [1.82, 2.24) is 5.32 Å². The zero-order chi connectivity index (χ0) is 14.5. The van der Waals surface area contributed by atoms with Gasteiger partial charge in [-0.1, -0.05) is 6.07 Å². The molecule has 0 amide bonds. The average Bonchev–Trinajstić information content (AvgIpc) is 2.89. The second-order valence-corrected chi connectivity index (χ2v) is 6.87. The smallest absolute Gasteiger partial charge is 0.127 e. The van der Waals surface area contributed by atoms with E-state index in [4.69, 9.17) is 9.47 Å². The van der Waals surface area contributed by atoms with Crippen LogP contribution in [0, 0.1) is 0 Å². The van der Waals surface area contributed by atoms with Crippen LogP contribution in [-0.2, 0) is 6.42 Å². The molecule has 2 aromatic rings. The Hall–Kier alpha value is -1.04. The summed E-state index contributed by atoms with van der Waals surface area (Å²) >= 11 is 5.25. The molecule has 108 valence electrons. The van der Waals surface area contributed by atoms with Gasteiger partial charge in [-0.25, -0.2) is 0 Å². The highest BCUT2D eigenvalue weighted by molar-refractivity contribution is 9.11. The van der Waals surface area contributed by atoms with Gasteiger partial charge in [0.1, 0.15) is 11.5 Å². The molecule has 0 aliphatic heterocycles. The number of benzene rings is 1. The molecule has 1 heterocycles. The lowest BCUT2D eigenvalue weighted by Gasteiger charge is -2.21. The molecule has 0 radical (unpaired) electrons. The van der Waals surface area contributed by atoms with Crippen LogP contribution in [0.3, 0.4) is 0 Å². The molecule has 0 fully saturated rings. The predicted molar refractivity (Wildman–Crippen MR) is 87.1 cm³/mol. The molecule has 0 saturated carbocycles. The molecule has 1 N–H and O–H groups in total. The van der Waals surface area contributed by atoms with Crippen LogP contribution in [0.25, 0.3) is 0 Å². The quantitative estimate of drug-likeness (QED) is 0.848. The summed E-state index contributed by atoms with van der Waals surface area (Å²) < 4.78 is 12.1. The van der Waals surface area contributed by atoms with Crippen molar-refractivity contribution in [2.24, 2.45) is 0 Å². The summed E-state index contributed by atoms with van der Waals surface area (Å²) in [4.78, 5) is 1.31. The minimum absolute atomic E-state index is 0.145. The number of ether oxygens (including phenoxy) is 2. The molecule has 0 bridgehead atoms. The average molecular weight is 356 g/mol. The summed E-state index contributed by atoms with van der Waals surface area (Å²) in [7, 11) is 5.33. The highest BCUT2D eigenvalue weighted by Crippen LogP contribution is 2.36. The minimum atomic E-state index is 0.145. The number of hydrogen-bond donors (Lipinski definition) is 1. The topological polar surface area (TPSA) is 30.5 Å². The largest absolute Gasteiger partial charge is 0.496 e. The summed E-state index contributed by atoms with van der Waals surface area (Å²) in [5.74, 6) is 1.69. The van der Waals surface area contributed by atoms with Gasteiger partial charge in [-0.3, -0.25) is 0 Å². The Balaban J connectivity index is 2.35. The van der Waals surface area contributed by atoms with E-state index in [0.717, 1.165) is 27.3 Å². The molecule has 0 aliphatic carbocycles. The van der Waals surface area contributed by atoms with Crippen LogP contribution in [0.4, 0.5) is 0 Å². The van der Waals surface area contributed by atoms with Crippen LogP contribution in [0.2, 0.25) is 0 Å². The van der Waals surface area contributed by atoms with E-state index in [1.165, 1.54) is 4.88 Å². The van der Waals surface area contributed by atoms with Crippen LogP contribution in [-0.4, -0.2) is 21.3 Å². The Morgan fingerprint density at radius 2 is 1.80 bits per heavy atom. The Morgan fingerprint density at radius 3 is 2.25 bits per heavy atom. The molecule has 20 heavy (non-hydrogen) atoms. The molecule has 3 nitrogen and oxygen atoms in total. The lowest BCUT2D eigenvalue weighted by molar-refractivity contribution is 0.373. The highest BCUT2D eigenvalue weighted by Gasteiger charge is 2.20. The van der Waals surface area contributed by atoms with Crippen LogP contribution in [0.1, 0.15) is 16.5 Å². The van der Waals surface area contributed by atoms with Gasteiger partial charge < -0.3 is 14.8 Å². The standard InChI is InChI=1S/C15H18BrNO2S/c1-17-11(9-10-7-8-14(16)20-10)15-12(18-2)5-4-6-13(15)19-3/h4-8,11,17H,9H2,1-3H3. The predicted octanol–water partition coefficient (Wildman–Crippen LogP) is 4.03. The normalized spacial score (nSPS) is 12.2. The molecule has 1 aromatic carbocycles. The maximum atomic E-state index is 5.49. The highest BCUT2D eigenvalue weighted by atomic mass is 79.9. The Kier molecular flexibility index (Phi) is 5.46. The summed E-state index contributed by atoms with van der Waals surface area (Å²) in [6.07, 6.45) is 0.892. The van der Waals surface area contributed by atoms with E-state index >= 15 is 0 Å². The minimum Gasteiger partial charge on any atom is -0.496 e. The van der Waals surface area contributed by atoms with Crippen LogP contribution in [0.5, 0.6) is 11.5 Å². The summed E-state index contributed by atoms with van der Waals surface area (Å²) in [5.41, 5.74) is 1.06. The van der Waals surface area contributed by atoms with Gasteiger partial charge in [0.2, 0.25) is 0 Å². The number of likely N-dealkylation sites (N-methyl/N-ethyl adjacent to an activating group) is 1. The molecule has 1 unspecified atom stereocenters. The Labute approximate surface area is 132 Å². The van der Waals surface area contributed by atoms with Crippen LogP contribution >= 0.6 is 27.3 Å². The maximum absolute atomic E-state index is 5.49. The SMILES string of the molecule is CNC(Cc1ccc(Br)s1)c1c(OC)cccc1OC. The first-order valence-corrected chi connectivity index (χ1v) is 7.93. The van der Waals surface area contributed by atoms with Crippen molar-refractivity contribution in [1.29, 1.82) is 0 Å². The molecule has 1 aromatic heterocycles. The van der Waals surface area contributed by atoms with E-state index in [2.05, 4.69) is 33.4 Å². The summed E-state index contributed by atoms with van der Waals surface area (Å²) in [6, 6.07) is 10.2. The van der Waals surface area contributed by atoms with Gasteiger partial charge in [0.05, 0.1) is 23.6 Å². The van der Waals surface area contributed by atoms with Gasteiger partial charge in [-0.2, -0.15) is 0 Å². The molecule has 0 spiro atoms. The second kappa shape index (κ2) is 7.11. The molecular weight excluding hydrogens is 338 g/mol.